The Hall–Kier alpha value is -4.92. The number of nitrogens with zero attached hydrogens (tertiary/aromatic N) is 2. The van der Waals surface area contributed by atoms with E-state index in [9.17, 15) is 0 Å². The van der Waals surface area contributed by atoms with Crippen LogP contribution in [0.4, 0.5) is 0 Å². The number of hydrogen-bond acceptors (Lipinski definition) is 8. The van der Waals surface area contributed by atoms with E-state index in [1.54, 1.807) is 28.4 Å². The fourth-order valence-electron chi connectivity index (χ4n) is 8.47. The zero-order chi connectivity index (χ0) is 39.2. The SMILES string of the molecule is COc1ccccc1C1(c2ccccc2OC)OC(CC2=N[C@H](Cc3ccccc3)C(c3ccccc3OC)(c3ccccc3OC)O2)=N[C@@H]1Cc1ccccc1.[Br-].[Br-].[Pd+2]. The summed E-state index contributed by atoms with van der Waals surface area (Å²) in [6.45, 7) is 0. The predicted molar refractivity (Wildman–Crippen MR) is 223 cm³/mol. The van der Waals surface area contributed by atoms with Crippen LogP contribution in [0, 0.1) is 0 Å². The molecule has 2 aliphatic rings. The first-order chi connectivity index (χ1) is 28.0. The van der Waals surface area contributed by atoms with Gasteiger partial charge in [-0.05, 0) is 48.2 Å². The Balaban J connectivity index is 0.00000228. The molecule has 8 rings (SSSR count). The first kappa shape index (κ1) is 46.2. The Kier molecular flexibility index (Phi) is 15.8. The molecule has 60 heavy (non-hydrogen) atoms. The van der Waals surface area contributed by atoms with Crippen molar-refractivity contribution in [3.63, 3.8) is 0 Å². The van der Waals surface area contributed by atoms with Crippen LogP contribution in [-0.2, 0) is 53.9 Å². The van der Waals surface area contributed by atoms with Crippen molar-refractivity contribution in [2.75, 3.05) is 28.4 Å². The van der Waals surface area contributed by atoms with Crippen LogP contribution in [0.2, 0.25) is 0 Å². The van der Waals surface area contributed by atoms with Gasteiger partial charge in [-0.25, -0.2) is 9.98 Å². The van der Waals surface area contributed by atoms with Gasteiger partial charge in [-0.2, -0.15) is 0 Å². The standard InChI is InChI=1S/C49H46N2O6.2BrH.Pd/c1-52-40-27-15-11-23-36(40)48(37-24-12-16-28-41(37)53-2)44(31-34-19-7-5-8-20-34)50-46(56-48)33-47-51-45(32-35-21-9-6-10-22-35)49(57-47,38-25-13-17-29-42(38)54-3)39-26-14-18-30-43(39)55-4;;;/h5-30,44-45H,31-33H2,1-4H3;2*1H;/q;;;+2/p-2/t44-,45-;;;/m1.../s1. The van der Waals surface area contributed by atoms with Gasteiger partial charge in [0.25, 0.3) is 0 Å². The van der Waals surface area contributed by atoms with E-state index in [0.717, 1.165) is 33.4 Å². The summed E-state index contributed by atoms with van der Waals surface area (Å²) >= 11 is 0. The minimum atomic E-state index is -1.13. The molecule has 8 nitrogen and oxygen atoms in total. The molecule has 312 valence electrons. The topological polar surface area (TPSA) is 80.1 Å². The zero-order valence-electron chi connectivity index (χ0n) is 33.7. The van der Waals surface area contributed by atoms with E-state index >= 15 is 0 Å². The van der Waals surface area contributed by atoms with Crippen LogP contribution in [0.15, 0.2) is 168 Å². The number of benzene rings is 6. The minimum Gasteiger partial charge on any atom is -1.00 e. The molecule has 11 heteroatoms. The molecule has 0 aromatic heterocycles. The Morgan fingerprint density at radius 3 is 0.967 bits per heavy atom. The van der Waals surface area contributed by atoms with Crippen molar-refractivity contribution in [2.45, 2.75) is 42.5 Å². The third kappa shape index (κ3) is 8.64. The van der Waals surface area contributed by atoms with Crippen LogP contribution < -0.4 is 52.9 Å². The van der Waals surface area contributed by atoms with Crippen molar-refractivity contribution >= 4 is 11.8 Å². The van der Waals surface area contributed by atoms with Crippen molar-refractivity contribution in [2.24, 2.45) is 9.98 Å². The molecule has 0 spiro atoms. The van der Waals surface area contributed by atoms with Crippen LogP contribution in [0.25, 0.3) is 0 Å². The second-order valence-corrected chi connectivity index (χ2v) is 14.1. The monoisotopic (exact) mass is 1020 g/mol. The second kappa shape index (κ2) is 20.6. The van der Waals surface area contributed by atoms with Crippen LogP contribution >= 0.6 is 0 Å². The Bertz CT molecular complexity index is 2140. The van der Waals surface area contributed by atoms with Crippen LogP contribution in [0.5, 0.6) is 23.0 Å². The average Bonchev–Trinajstić information content (AvgIpc) is 3.81. The molecule has 0 aliphatic carbocycles. The fourth-order valence-corrected chi connectivity index (χ4v) is 8.47. The third-order valence-electron chi connectivity index (χ3n) is 11.0. The van der Waals surface area contributed by atoms with Gasteiger partial charge >= 0.3 is 20.4 Å². The van der Waals surface area contributed by atoms with Gasteiger partial charge in [0.05, 0.1) is 34.9 Å². The van der Waals surface area contributed by atoms with E-state index in [2.05, 4.69) is 48.5 Å². The minimum absolute atomic E-state index is 0. The predicted octanol–water partition coefficient (Wildman–Crippen LogP) is 3.38. The van der Waals surface area contributed by atoms with E-state index in [-0.39, 0.29) is 60.8 Å². The number of rotatable bonds is 14. The molecule has 0 fully saturated rings. The summed E-state index contributed by atoms with van der Waals surface area (Å²) in [5.74, 6) is 3.70. The van der Waals surface area contributed by atoms with Crippen molar-refractivity contribution < 1.29 is 82.8 Å². The normalized spacial score (nSPS) is 16.9. The van der Waals surface area contributed by atoms with Gasteiger partial charge in [0.15, 0.2) is 23.0 Å². The van der Waals surface area contributed by atoms with Gasteiger partial charge in [-0.3, -0.25) is 0 Å². The number of ether oxygens (including phenoxy) is 6. The molecular formula is C49H46Br2N2O6Pd. The molecular weight excluding hydrogens is 979 g/mol. The smallest absolute Gasteiger partial charge is 1.00 e. The molecule has 2 atom stereocenters. The van der Waals surface area contributed by atoms with Crippen LogP contribution in [0.1, 0.15) is 39.8 Å². The number of halogens is 2. The molecule has 0 unspecified atom stereocenters. The van der Waals surface area contributed by atoms with Gasteiger partial charge < -0.3 is 62.4 Å². The van der Waals surface area contributed by atoms with Crippen LogP contribution in [-0.4, -0.2) is 52.3 Å². The number of hydrogen-bond donors (Lipinski definition) is 0. The van der Waals surface area contributed by atoms with Crippen molar-refractivity contribution in [3.05, 3.63) is 191 Å². The van der Waals surface area contributed by atoms with E-state index < -0.39 is 23.3 Å². The summed E-state index contributed by atoms with van der Waals surface area (Å²) in [6, 6.07) is 51.8. The summed E-state index contributed by atoms with van der Waals surface area (Å²) < 4.78 is 38.9. The van der Waals surface area contributed by atoms with Crippen molar-refractivity contribution in [1.29, 1.82) is 0 Å². The van der Waals surface area contributed by atoms with Crippen LogP contribution in [0.3, 0.4) is 0 Å². The summed E-state index contributed by atoms with van der Waals surface area (Å²) in [5, 5.41) is 0. The van der Waals surface area contributed by atoms with Gasteiger partial charge in [0, 0.05) is 22.3 Å². The van der Waals surface area contributed by atoms with E-state index in [1.807, 2.05) is 109 Å². The van der Waals surface area contributed by atoms with Crippen molar-refractivity contribution in [1.82, 2.24) is 0 Å². The largest absolute Gasteiger partial charge is 2.00 e. The van der Waals surface area contributed by atoms with Gasteiger partial charge in [-0.1, -0.05) is 133 Å². The first-order valence-corrected chi connectivity index (χ1v) is 19.2. The summed E-state index contributed by atoms with van der Waals surface area (Å²) in [6.07, 6.45) is 1.35. The maximum absolute atomic E-state index is 7.36. The van der Waals surface area contributed by atoms with Crippen molar-refractivity contribution in [3.8, 4) is 23.0 Å². The number of methoxy groups -OCH3 is 4. The molecule has 0 radical (unpaired) electrons. The Morgan fingerprint density at radius 2 is 0.683 bits per heavy atom. The summed E-state index contributed by atoms with van der Waals surface area (Å²) in [4.78, 5) is 10.9. The molecule has 0 bridgehead atoms. The molecule has 0 amide bonds. The summed E-state index contributed by atoms with van der Waals surface area (Å²) in [5.41, 5.74) is 3.33. The molecule has 6 aromatic rings. The average molecular weight is 1030 g/mol. The van der Waals surface area contributed by atoms with E-state index in [0.29, 0.717) is 47.6 Å². The second-order valence-electron chi connectivity index (χ2n) is 14.1. The maximum atomic E-state index is 7.36. The van der Waals surface area contributed by atoms with Gasteiger partial charge in [0.1, 0.15) is 35.1 Å². The Morgan fingerprint density at radius 1 is 0.417 bits per heavy atom. The summed E-state index contributed by atoms with van der Waals surface area (Å²) in [7, 11) is 6.73. The Labute approximate surface area is 387 Å². The molecule has 2 aliphatic heterocycles. The van der Waals surface area contributed by atoms with E-state index in [4.69, 9.17) is 38.4 Å². The zero-order valence-corrected chi connectivity index (χ0v) is 38.4. The maximum Gasteiger partial charge on any atom is 2.00 e. The molecule has 0 saturated heterocycles. The molecule has 2 heterocycles. The van der Waals surface area contributed by atoms with Gasteiger partial charge in [0.2, 0.25) is 0 Å². The van der Waals surface area contributed by atoms with E-state index in [1.165, 1.54) is 0 Å². The molecule has 0 saturated carbocycles. The number of para-hydroxylation sites is 4. The quantitative estimate of drug-likeness (QED) is 0.156. The molecule has 6 aromatic carbocycles. The fraction of sp³-hybridized carbons (Fsp3) is 0.224. The molecule has 0 N–H and O–H groups in total. The van der Waals surface area contributed by atoms with Gasteiger partial charge in [-0.15, -0.1) is 0 Å². The third-order valence-corrected chi connectivity index (χ3v) is 11.0. The first-order valence-electron chi connectivity index (χ1n) is 19.2. The number of aliphatic imine (C=N–C) groups is 2.